The van der Waals surface area contributed by atoms with Gasteiger partial charge in [0.25, 0.3) is 5.91 Å². The average Bonchev–Trinajstić information content (AvgIpc) is 2.77. The van der Waals surface area contributed by atoms with Crippen molar-refractivity contribution in [2.24, 2.45) is 0 Å². The third-order valence-corrected chi connectivity index (χ3v) is 5.22. The van der Waals surface area contributed by atoms with Crippen molar-refractivity contribution in [2.75, 3.05) is 19.5 Å². The molecule has 0 fully saturated rings. The summed E-state index contributed by atoms with van der Waals surface area (Å²) in [5, 5.41) is 2.94. The van der Waals surface area contributed by atoms with E-state index >= 15 is 0 Å². The van der Waals surface area contributed by atoms with Crippen molar-refractivity contribution in [2.45, 2.75) is 12.0 Å². The molecule has 0 saturated heterocycles. The lowest BCUT2D eigenvalue weighted by molar-refractivity contribution is -0.119. The summed E-state index contributed by atoms with van der Waals surface area (Å²) in [6, 6.07) is 19.9. The number of nitrogens with one attached hydrogen (secondary N) is 1. The number of carbonyl (C=O) groups is 2. The number of carbonyl (C=O) groups excluding carboxylic acids is 2. The maximum absolute atomic E-state index is 13.4. The van der Waals surface area contributed by atoms with Gasteiger partial charge in [-0.15, -0.1) is 0 Å². The highest BCUT2D eigenvalue weighted by molar-refractivity contribution is 6.04. The van der Waals surface area contributed by atoms with Crippen molar-refractivity contribution < 1.29 is 14.3 Å². The summed E-state index contributed by atoms with van der Waals surface area (Å²) in [6.45, 7) is 0. The Kier molecular flexibility index (Phi) is 4.99. The number of aromatic nitrogens is 1. The van der Waals surface area contributed by atoms with E-state index in [9.17, 15) is 9.59 Å². The van der Waals surface area contributed by atoms with Crippen LogP contribution in [0.1, 0.15) is 33.4 Å². The maximum Gasteiger partial charge on any atom is 0.254 e. The van der Waals surface area contributed by atoms with Gasteiger partial charge in [-0.1, -0.05) is 48.5 Å². The second-order valence-corrected chi connectivity index (χ2v) is 6.91. The fourth-order valence-electron chi connectivity index (χ4n) is 3.82. The van der Waals surface area contributed by atoms with Gasteiger partial charge < -0.3 is 15.0 Å². The Hall–Kier alpha value is -3.67. The van der Waals surface area contributed by atoms with Gasteiger partial charge in [0.1, 0.15) is 0 Å². The number of benzene rings is 2. The first kappa shape index (κ1) is 18.7. The first-order valence-corrected chi connectivity index (χ1v) is 9.32. The molecule has 0 spiro atoms. The SMILES string of the molecule is COc1ccc(NC(=O)[C@@H]2c3ccccc3C(=O)N(C)[C@H]2c2ccccc2)cn1. The quantitative estimate of drug-likeness (QED) is 0.742. The highest BCUT2D eigenvalue weighted by Gasteiger charge is 2.42. The molecule has 29 heavy (non-hydrogen) atoms. The molecule has 1 aliphatic rings. The van der Waals surface area contributed by atoms with Crippen LogP contribution >= 0.6 is 0 Å². The molecule has 0 bridgehead atoms. The Morgan fingerprint density at radius 3 is 2.45 bits per heavy atom. The molecule has 1 aromatic heterocycles. The second-order valence-electron chi connectivity index (χ2n) is 6.91. The van der Waals surface area contributed by atoms with E-state index in [2.05, 4.69) is 10.3 Å². The fraction of sp³-hybridized carbons (Fsp3) is 0.174. The summed E-state index contributed by atoms with van der Waals surface area (Å²) in [6.07, 6.45) is 1.55. The number of pyridine rings is 1. The highest BCUT2D eigenvalue weighted by atomic mass is 16.5. The van der Waals surface area contributed by atoms with Crippen LogP contribution in [-0.2, 0) is 4.79 Å². The number of anilines is 1. The van der Waals surface area contributed by atoms with Crippen molar-refractivity contribution in [1.29, 1.82) is 0 Å². The minimum Gasteiger partial charge on any atom is -0.481 e. The third-order valence-electron chi connectivity index (χ3n) is 5.22. The first-order valence-electron chi connectivity index (χ1n) is 9.32. The largest absolute Gasteiger partial charge is 0.481 e. The molecular weight excluding hydrogens is 366 g/mol. The Labute approximate surface area is 169 Å². The minimum absolute atomic E-state index is 0.0929. The van der Waals surface area contributed by atoms with Crippen LogP contribution < -0.4 is 10.1 Å². The normalized spacial score (nSPS) is 18.1. The molecule has 6 heteroatoms. The standard InChI is InChI=1S/C23H21N3O3/c1-26-21(15-8-4-3-5-9-15)20(17-10-6-7-11-18(17)23(26)28)22(27)25-16-12-13-19(29-2)24-14-16/h3-14,20-21H,1-2H3,(H,25,27)/t20-,21+/m1/s1. The van der Waals surface area contributed by atoms with Crippen LogP contribution in [0, 0.1) is 0 Å². The van der Waals surface area contributed by atoms with Crippen LogP contribution in [0.5, 0.6) is 5.88 Å². The summed E-state index contributed by atoms with van der Waals surface area (Å²) >= 11 is 0. The fourth-order valence-corrected chi connectivity index (χ4v) is 3.82. The van der Waals surface area contributed by atoms with Gasteiger partial charge in [0.05, 0.1) is 31.0 Å². The van der Waals surface area contributed by atoms with Gasteiger partial charge in [-0.25, -0.2) is 4.98 Å². The Morgan fingerprint density at radius 1 is 1.03 bits per heavy atom. The van der Waals surface area contributed by atoms with Crippen LogP contribution in [0.25, 0.3) is 0 Å². The molecule has 4 rings (SSSR count). The van der Waals surface area contributed by atoms with Crippen LogP contribution in [0.2, 0.25) is 0 Å². The van der Waals surface area contributed by atoms with Crippen LogP contribution in [0.4, 0.5) is 5.69 Å². The number of likely N-dealkylation sites (N-methyl/N-ethyl adjacent to an activating group) is 1. The van der Waals surface area contributed by atoms with Crippen molar-refractivity contribution in [3.8, 4) is 5.88 Å². The lowest BCUT2D eigenvalue weighted by atomic mass is 9.79. The maximum atomic E-state index is 13.4. The number of amides is 2. The molecule has 2 aromatic carbocycles. The molecular formula is C23H21N3O3. The number of nitrogens with zero attached hydrogens (tertiary/aromatic N) is 2. The lowest BCUT2D eigenvalue weighted by Gasteiger charge is -2.39. The number of fused-ring (bicyclic) bond motifs is 1. The van der Waals surface area contributed by atoms with Crippen LogP contribution in [0.3, 0.4) is 0 Å². The zero-order valence-corrected chi connectivity index (χ0v) is 16.2. The summed E-state index contributed by atoms with van der Waals surface area (Å²) < 4.78 is 5.07. The van der Waals surface area contributed by atoms with Gasteiger partial charge in [0, 0.05) is 18.7 Å². The van der Waals surface area contributed by atoms with E-state index in [0.29, 0.717) is 17.1 Å². The van der Waals surface area contributed by atoms with E-state index in [1.807, 2.05) is 48.5 Å². The van der Waals surface area contributed by atoms with Crippen molar-refractivity contribution in [1.82, 2.24) is 9.88 Å². The van der Waals surface area contributed by atoms with Crippen molar-refractivity contribution in [3.63, 3.8) is 0 Å². The smallest absolute Gasteiger partial charge is 0.254 e. The summed E-state index contributed by atoms with van der Waals surface area (Å²) in [7, 11) is 3.28. The molecule has 0 unspecified atom stereocenters. The first-order chi connectivity index (χ1) is 14.1. The molecule has 6 nitrogen and oxygen atoms in total. The predicted octanol–water partition coefficient (Wildman–Crippen LogP) is 3.64. The molecule has 0 aliphatic carbocycles. The van der Waals surface area contributed by atoms with Crippen LogP contribution in [-0.4, -0.2) is 35.9 Å². The zero-order chi connectivity index (χ0) is 20.4. The molecule has 1 N–H and O–H groups in total. The van der Waals surface area contributed by atoms with Gasteiger partial charge in [-0.05, 0) is 23.3 Å². The van der Waals surface area contributed by atoms with Gasteiger partial charge in [-0.2, -0.15) is 0 Å². The number of hydrogen-bond acceptors (Lipinski definition) is 4. The number of rotatable bonds is 4. The monoisotopic (exact) mass is 387 g/mol. The summed E-state index contributed by atoms with van der Waals surface area (Å²) in [4.78, 5) is 32.2. The Bertz CT molecular complexity index is 1030. The van der Waals surface area contributed by atoms with Gasteiger partial charge in [0.15, 0.2) is 0 Å². The van der Waals surface area contributed by atoms with E-state index in [-0.39, 0.29) is 11.8 Å². The number of hydrogen-bond donors (Lipinski definition) is 1. The summed E-state index contributed by atoms with van der Waals surface area (Å²) in [5.74, 6) is -0.376. The topological polar surface area (TPSA) is 71.5 Å². The molecule has 0 saturated carbocycles. The third kappa shape index (κ3) is 3.45. The molecule has 146 valence electrons. The zero-order valence-electron chi connectivity index (χ0n) is 16.2. The van der Waals surface area contributed by atoms with E-state index in [0.717, 1.165) is 11.1 Å². The Morgan fingerprint density at radius 2 is 1.76 bits per heavy atom. The number of ether oxygens (including phenoxy) is 1. The van der Waals surface area contributed by atoms with E-state index in [1.165, 1.54) is 7.11 Å². The predicted molar refractivity (Wildman–Crippen MR) is 110 cm³/mol. The van der Waals surface area contributed by atoms with Gasteiger partial charge in [0.2, 0.25) is 11.8 Å². The van der Waals surface area contributed by atoms with E-state index in [1.54, 1.807) is 36.3 Å². The van der Waals surface area contributed by atoms with Gasteiger partial charge >= 0.3 is 0 Å². The van der Waals surface area contributed by atoms with Crippen LogP contribution in [0.15, 0.2) is 72.9 Å². The average molecular weight is 387 g/mol. The molecule has 2 heterocycles. The lowest BCUT2D eigenvalue weighted by Crippen LogP contribution is -2.44. The minimum atomic E-state index is -0.557. The van der Waals surface area contributed by atoms with Crippen molar-refractivity contribution >= 4 is 17.5 Å². The van der Waals surface area contributed by atoms with Crippen molar-refractivity contribution in [3.05, 3.63) is 89.6 Å². The highest BCUT2D eigenvalue weighted by Crippen LogP contribution is 2.42. The molecule has 0 radical (unpaired) electrons. The van der Waals surface area contributed by atoms with E-state index < -0.39 is 12.0 Å². The summed E-state index contributed by atoms with van der Waals surface area (Å²) in [5.41, 5.74) is 2.75. The number of methoxy groups -OCH3 is 1. The molecule has 1 aliphatic heterocycles. The second kappa shape index (κ2) is 7.75. The molecule has 2 amide bonds. The molecule has 2 atom stereocenters. The van der Waals surface area contributed by atoms with E-state index in [4.69, 9.17) is 4.74 Å². The van der Waals surface area contributed by atoms with Gasteiger partial charge in [-0.3, -0.25) is 9.59 Å². The Balaban J connectivity index is 1.76. The molecule has 3 aromatic rings.